The lowest BCUT2D eigenvalue weighted by molar-refractivity contribution is 0.297. The van der Waals surface area contributed by atoms with Gasteiger partial charge in [-0.25, -0.2) is 9.82 Å². The van der Waals surface area contributed by atoms with Crippen molar-refractivity contribution < 1.29 is 13.9 Å². The molecule has 0 aliphatic carbocycles. The number of hydrazine groups is 1. The molecule has 2 aromatic carbocycles. The molecule has 1 aliphatic heterocycles. The Morgan fingerprint density at radius 2 is 1.62 bits per heavy atom. The summed E-state index contributed by atoms with van der Waals surface area (Å²) >= 11 is 0. The van der Waals surface area contributed by atoms with Gasteiger partial charge in [-0.2, -0.15) is 0 Å². The third-order valence-electron chi connectivity index (χ3n) is 3.47. The number of benzene rings is 2. The highest BCUT2D eigenvalue weighted by Crippen LogP contribution is 2.33. The molecular weight excluding hydrogens is 271 g/mol. The van der Waals surface area contributed by atoms with Crippen molar-refractivity contribution in [2.75, 3.05) is 13.2 Å². The first kappa shape index (κ1) is 13.9. The summed E-state index contributed by atoms with van der Waals surface area (Å²) in [5, 5.41) is 0. The topological polar surface area (TPSA) is 56.5 Å². The van der Waals surface area contributed by atoms with Crippen LogP contribution in [0.2, 0.25) is 0 Å². The molecule has 2 aromatic rings. The average molecular weight is 288 g/mol. The maximum Gasteiger partial charge on any atom is 0.161 e. The Kier molecular flexibility index (Phi) is 4.03. The predicted octanol–water partition coefficient (Wildman–Crippen LogP) is 2.54. The quantitative estimate of drug-likeness (QED) is 0.673. The van der Waals surface area contributed by atoms with Crippen molar-refractivity contribution in [1.29, 1.82) is 0 Å². The molecule has 0 amide bonds. The van der Waals surface area contributed by atoms with E-state index >= 15 is 0 Å². The van der Waals surface area contributed by atoms with Gasteiger partial charge >= 0.3 is 0 Å². The lowest BCUT2D eigenvalue weighted by Crippen LogP contribution is -2.28. The number of halogens is 1. The first-order valence-corrected chi connectivity index (χ1v) is 6.89. The van der Waals surface area contributed by atoms with Crippen molar-refractivity contribution >= 4 is 0 Å². The third-order valence-corrected chi connectivity index (χ3v) is 3.47. The Labute approximate surface area is 122 Å². The van der Waals surface area contributed by atoms with E-state index < -0.39 is 0 Å². The van der Waals surface area contributed by atoms with Crippen LogP contribution in [-0.2, 0) is 0 Å². The summed E-state index contributed by atoms with van der Waals surface area (Å²) in [7, 11) is 0. The van der Waals surface area contributed by atoms with E-state index in [0.717, 1.165) is 23.3 Å². The lowest BCUT2D eigenvalue weighted by Gasteiger charge is -2.18. The molecule has 0 saturated heterocycles. The SMILES string of the molecule is NNC(c1ccc(F)cc1)c1ccc2c(c1)OCCCO2. The van der Waals surface area contributed by atoms with Crippen LogP contribution in [0.1, 0.15) is 23.6 Å². The minimum Gasteiger partial charge on any atom is -0.490 e. The Bertz CT molecular complexity index is 616. The van der Waals surface area contributed by atoms with Gasteiger partial charge in [0, 0.05) is 6.42 Å². The zero-order valence-corrected chi connectivity index (χ0v) is 11.5. The van der Waals surface area contributed by atoms with Gasteiger partial charge in [0.05, 0.1) is 19.3 Å². The van der Waals surface area contributed by atoms with E-state index in [9.17, 15) is 4.39 Å². The lowest BCUT2D eigenvalue weighted by atomic mass is 9.99. The molecule has 3 rings (SSSR count). The Morgan fingerprint density at radius 3 is 2.33 bits per heavy atom. The summed E-state index contributed by atoms with van der Waals surface area (Å²) in [5.74, 6) is 6.85. The van der Waals surface area contributed by atoms with E-state index in [-0.39, 0.29) is 11.9 Å². The molecule has 21 heavy (non-hydrogen) atoms. The highest BCUT2D eigenvalue weighted by molar-refractivity contribution is 5.46. The van der Waals surface area contributed by atoms with Crippen LogP contribution in [-0.4, -0.2) is 13.2 Å². The molecular formula is C16H17FN2O2. The Balaban J connectivity index is 1.93. The molecule has 1 unspecified atom stereocenters. The van der Waals surface area contributed by atoms with Gasteiger partial charge in [0.1, 0.15) is 5.82 Å². The Hall–Kier alpha value is -2.11. The monoisotopic (exact) mass is 288 g/mol. The summed E-state index contributed by atoms with van der Waals surface area (Å²) in [6, 6.07) is 11.7. The number of nitrogens with two attached hydrogens (primary N) is 1. The molecule has 1 heterocycles. The van der Waals surface area contributed by atoms with Crippen molar-refractivity contribution in [2.45, 2.75) is 12.5 Å². The van der Waals surface area contributed by atoms with E-state index in [1.165, 1.54) is 12.1 Å². The van der Waals surface area contributed by atoms with E-state index in [1.54, 1.807) is 12.1 Å². The van der Waals surface area contributed by atoms with Crippen LogP contribution in [0.4, 0.5) is 4.39 Å². The number of nitrogens with one attached hydrogen (secondary N) is 1. The smallest absolute Gasteiger partial charge is 0.161 e. The maximum absolute atomic E-state index is 13.0. The van der Waals surface area contributed by atoms with Crippen LogP contribution in [0.15, 0.2) is 42.5 Å². The molecule has 1 aliphatic rings. The number of hydrogen-bond donors (Lipinski definition) is 2. The van der Waals surface area contributed by atoms with Crippen LogP contribution in [0.3, 0.4) is 0 Å². The second-order valence-electron chi connectivity index (χ2n) is 4.91. The second kappa shape index (κ2) is 6.11. The number of hydrogen-bond acceptors (Lipinski definition) is 4. The minimum atomic E-state index is -0.270. The van der Waals surface area contributed by atoms with Gasteiger partial charge in [0.25, 0.3) is 0 Å². The van der Waals surface area contributed by atoms with Gasteiger partial charge in [-0.3, -0.25) is 5.84 Å². The molecule has 0 aromatic heterocycles. The predicted molar refractivity (Wildman–Crippen MR) is 77.6 cm³/mol. The fourth-order valence-corrected chi connectivity index (χ4v) is 2.40. The van der Waals surface area contributed by atoms with Gasteiger partial charge in [0.2, 0.25) is 0 Å². The fraction of sp³-hybridized carbons (Fsp3) is 0.250. The standard InChI is InChI=1S/C16H17FN2O2/c17-13-5-2-11(3-6-13)16(19-18)12-4-7-14-15(10-12)21-9-1-8-20-14/h2-7,10,16,19H,1,8-9,18H2. The summed E-state index contributed by atoms with van der Waals surface area (Å²) in [6.07, 6.45) is 0.862. The molecule has 110 valence electrons. The summed E-state index contributed by atoms with van der Waals surface area (Å²) in [5.41, 5.74) is 4.58. The van der Waals surface area contributed by atoms with E-state index in [2.05, 4.69) is 5.43 Å². The van der Waals surface area contributed by atoms with Crippen LogP contribution < -0.4 is 20.7 Å². The van der Waals surface area contributed by atoms with E-state index in [4.69, 9.17) is 15.3 Å². The van der Waals surface area contributed by atoms with Crippen LogP contribution in [0, 0.1) is 5.82 Å². The van der Waals surface area contributed by atoms with Crippen molar-refractivity contribution in [1.82, 2.24) is 5.43 Å². The molecule has 0 saturated carbocycles. The Morgan fingerprint density at radius 1 is 0.952 bits per heavy atom. The van der Waals surface area contributed by atoms with Crippen LogP contribution in [0.25, 0.3) is 0 Å². The van der Waals surface area contributed by atoms with Gasteiger partial charge in [-0.05, 0) is 35.4 Å². The fourth-order valence-electron chi connectivity index (χ4n) is 2.40. The molecule has 0 radical (unpaired) electrons. The van der Waals surface area contributed by atoms with Gasteiger partial charge < -0.3 is 9.47 Å². The maximum atomic E-state index is 13.0. The first-order valence-electron chi connectivity index (χ1n) is 6.89. The normalized spacial score (nSPS) is 15.3. The molecule has 3 N–H and O–H groups in total. The number of fused-ring (bicyclic) bond motifs is 1. The number of ether oxygens (including phenoxy) is 2. The summed E-state index contributed by atoms with van der Waals surface area (Å²) in [6.45, 7) is 1.29. The van der Waals surface area contributed by atoms with E-state index in [0.29, 0.717) is 19.0 Å². The molecule has 0 bridgehead atoms. The van der Waals surface area contributed by atoms with Crippen molar-refractivity contribution in [3.63, 3.8) is 0 Å². The third kappa shape index (κ3) is 2.99. The highest BCUT2D eigenvalue weighted by atomic mass is 19.1. The molecule has 1 atom stereocenters. The molecule has 0 spiro atoms. The van der Waals surface area contributed by atoms with Gasteiger partial charge in [-0.1, -0.05) is 18.2 Å². The molecule has 5 heteroatoms. The van der Waals surface area contributed by atoms with Crippen LogP contribution >= 0.6 is 0 Å². The van der Waals surface area contributed by atoms with Gasteiger partial charge in [-0.15, -0.1) is 0 Å². The molecule has 4 nitrogen and oxygen atoms in total. The summed E-state index contributed by atoms with van der Waals surface area (Å²) < 4.78 is 24.3. The van der Waals surface area contributed by atoms with Crippen molar-refractivity contribution in [3.05, 3.63) is 59.4 Å². The van der Waals surface area contributed by atoms with Crippen LogP contribution in [0.5, 0.6) is 11.5 Å². The summed E-state index contributed by atoms with van der Waals surface area (Å²) in [4.78, 5) is 0. The largest absolute Gasteiger partial charge is 0.490 e. The van der Waals surface area contributed by atoms with Crippen molar-refractivity contribution in [3.8, 4) is 11.5 Å². The zero-order chi connectivity index (χ0) is 14.7. The zero-order valence-electron chi connectivity index (χ0n) is 11.5. The number of rotatable bonds is 3. The minimum absolute atomic E-state index is 0.234. The van der Waals surface area contributed by atoms with Gasteiger partial charge in [0.15, 0.2) is 11.5 Å². The molecule has 0 fully saturated rings. The van der Waals surface area contributed by atoms with E-state index in [1.807, 2.05) is 18.2 Å². The van der Waals surface area contributed by atoms with Crippen molar-refractivity contribution in [2.24, 2.45) is 5.84 Å². The highest BCUT2D eigenvalue weighted by Gasteiger charge is 2.17. The average Bonchev–Trinajstić information content (AvgIpc) is 2.75. The first-order chi connectivity index (χ1) is 10.3. The second-order valence-corrected chi connectivity index (χ2v) is 4.91.